The number of amides is 8. The lowest BCUT2D eigenvalue weighted by Gasteiger charge is -2.37. The molecule has 22 nitrogen and oxygen atoms in total. The summed E-state index contributed by atoms with van der Waals surface area (Å²) < 4.78 is 13.8. The Hall–Kier alpha value is -5.61. The number of hydrogen-bond donors (Lipinski definition) is 11. The van der Waals surface area contributed by atoms with Gasteiger partial charge in [0.25, 0.3) is 5.91 Å². The van der Waals surface area contributed by atoms with E-state index in [1.807, 2.05) is 0 Å². The topological polar surface area (TPSA) is 352 Å². The summed E-state index contributed by atoms with van der Waals surface area (Å²) in [7, 11) is -2.37. The number of allylic oxidation sites excluding steroid dienone is 1. The molecule has 0 bridgehead atoms. The van der Waals surface area contributed by atoms with E-state index < -0.39 is 131 Å². The molecular formula is C39H65N11O11S. The van der Waals surface area contributed by atoms with E-state index in [1.54, 1.807) is 13.8 Å². The number of carbonyl (C=O) groups is 9. The van der Waals surface area contributed by atoms with E-state index in [4.69, 9.17) is 11.5 Å². The number of nitrogens with two attached hydrogens (primary N) is 2. The first-order valence-corrected chi connectivity index (χ1v) is 22.5. The quantitative estimate of drug-likeness (QED) is 0.0278. The van der Waals surface area contributed by atoms with Crippen LogP contribution in [0.4, 0.5) is 0 Å². The van der Waals surface area contributed by atoms with Gasteiger partial charge in [0.1, 0.15) is 29.4 Å². The van der Waals surface area contributed by atoms with Gasteiger partial charge in [-0.2, -0.15) is 0 Å². The lowest BCUT2D eigenvalue weighted by Crippen LogP contribution is -2.68. The van der Waals surface area contributed by atoms with Gasteiger partial charge in [-0.1, -0.05) is 77.7 Å². The van der Waals surface area contributed by atoms with Crippen LogP contribution in [-0.2, 0) is 54.0 Å². The lowest BCUT2D eigenvalue weighted by atomic mass is 9.89. The Bertz CT molecular complexity index is 1710. The standard InChI is InChI=1S/C39H65N11O11S/c1-4-24(3)32-35(57)50-39(23-62(61)22-27(36(58)59)47-31(54)21-44-29(52)19-45-37(39)60)18-26(34(56)48-25(5-2)33(55)49-32)46-30(53)20-43-28(51)16-14-12-10-8-6-7-9-11-13-15-17-42-38(40)41/h5,24,26-27,32H,4,6-23H2,1-3H3,(H,43,51)(H,44,52)(H,45,60)(H,46,53)(H,47,54)(H,48,56)(H,49,55)(H,50,57)(H,58,59)(H4,40,41,42)/b25-5+/t24-,26?,27?,32-,39?,62?/m0/s1. The fraction of sp³-hybridized carbons (Fsp3) is 0.692. The molecule has 0 aromatic carbocycles. The Morgan fingerprint density at radius 1 is 0.887 bits per heavy atom. The minimum absolute atomic E-state index is 0.104. The zero-order chi connectivity index (χ0) is 46.2. The lowest BCUT2D eigenvalue weighted by molar-refractivity contribution is -0.141. The molecule has 2 aliphatic heterocycles. The molecule has 2 rings (SSSR count). The zero-order valence-electron chi connectivity index (χ0n) is 35.9. The second-order valence-corrected chi connectivity index (χ2v) is 17.0. The summed E-state index contributed by atoms with van der Waals surface area (Å²) in [5.41, 5.74) is 7.93. The highest BCUT2D eigenvalue weighted by Crippen LogP contribution is 2.21. The Morgan fingerprint density at radius 2 is 1.50 bits per heavy atom. The van der Waals surface area contributed by atoms with Crippen LogP contribution in [0.25, 0.3) is 0 Å². The Morgan fingerprint density at radius 3 is 2.10 bits per heavy atom. The molecule has 2 heterocycles. The van der Waals surface area contributed by atoms with Gasteiger partial charge < -0.3 is 59.1 Å². The molecule has 6 atom stereocenters. The molecule has 0 aliphatic carbocycles. The third kappa shape index (κ3) is 19.0. The third-order valence-electron chi connectivity index (χ3n) is 10.4. The zero-order valence-corrected chi connectivity index (χ0v) is 36.7. The SMILES string of the molecule is C/C=C1/NC(=O)C(NC(=O)CNC(=O)CCCCCCCCCCCCN=C(N)N)CC2(CS(=O)CC(C(=O)O)NC(=O)CNC(=O)CNC2=O)NC(=O)[C@H]([C@@H](C)CC)NC1=O. The van der Waals surface area contributed by atoms with Crippen molar-refractivity contribution >= 4 is 70.0 Å². The summed E-state index contributed by atoms with van der Waals surface area (Å²) in [5, 5.41) is 29.0. The van der Waals surface area contributed by atoms with E-state index in [1.165, 1.54) is 13.0 Å². The van der Waals surface area contributed by atoms with E-state index in [0.29, 0.717) is 19.4 Å². The maximum absolute atomic E-state index is 14.3. The number of nitrogens with one attached hydrogen (secondary N) is 8. The van der Waals surface area contributed by atoms with Gasteiger partial charge in [0.05, 0.1) is 31.1 Å². The number of carboxylic acids is 1. The molecule has 23 heteroatoms. The van der Waals surface area contributed by atoms with Crippen LogP contribution >= 0.6 is 0 Å². The first-order valence-electron chi connectivity index (χ1n) is 21.0. The molecule has 8 amide bonds. The summed E-state index contributed by atoms with van der Waals surface area (Å²) >= 11 is 0. The van der Waals surface area contributed by atoms with Gasteiger partial charge in [0.2, 0.25) is 41.4 Å². The smallest absolute Gasteiger partial charge is 0.327 e. The molecule has 348 valence electrons. The largest absolute Gasteiger partial charge is 0.480 e. The summed E-state index contributed by atoms with van der Waals surface area (Å²) in [6.45, 7) is 3.40. The number of unbranched alkanes of at least 4 members (excludes halogenated alkanes) is 9. The van der Waals surface area contributed by atoms with Crippen LogP contribution in [0.3, 0.4) is 0 Å². The molecule has 0 aromatic heterocycles. The summed E-state index contributed by atoms with van der Waals surface area (Å²) in [6.07, 6.45) is 10.7. The van der Waals surface area contributed by atoms with Crippen LogP contribution in [0, 0.1) is 5.92 Å². The van der Waals surface area contributed by atoms with E-state index in [-0.39, 0.29) is 18.1 Å². The molecule has 62 heavy (non-hydrogen) atoms. The molecule has 13 N–H and O–H groups in total. The Kier molecular flexibility index (Phi) is 23.2. The first-order chi connectivity index (χ1) is 29.4. The van der Waals surface area contributed by atoms with Gasteiger partial charge in [0, 0.05) is 30.2 Å². The van der Waals surface area contributed by atoms with Crippen LogP contribution in [0.1, 0.15) is 104 Å². The van der Waals surface area contributed by atoms with Crippen molar-refractivity contribution in [2.75, 3.05) is 37.7 Å². The normalized spacial score (nSPS) is 24.1. The molecule has 2 saturated heterocycles. The average molecular weight is 896 g/mol. The second-order valence-electron chi connectivity index (χ2n) is 15.5. The summed E-state index contributed by atoms with van der Waals surface area (Å²) in [6, 6.07) is -4.86. The minimum Gasteiger partial charge on any atom is -0.480 e. The molecule has 2 aliphatic rings. The first kappa shape index (κ1) is 52.5. The Labute approximate surface area is 364 Å². The molecule has 4 unspecified atom stereocenters. The maximum Gasteiger partial charge on any atom is 0.327 e. The van der Waals surface area contributed by atoms with Gasteiger partial charge in [-0.15, -0.1) is 0 Å². The monoisotopic (exact) mass is 895 g/mol. The van der Waals surface area contributed by atoms with Gasteiger partial charge in [-0.25, -0.2) is 4.79 Å². The fourth-order valence-electron chi connectivity index (χ4n) is 6.68. The predicted molar refractivity (Wildman–Crippen MR) is 229 cm³/mol. The molecular weight excluding hydrogens is 831 g/mol. The van der Waals surface area contributed by atoms with E-state index >= 15 is 0 Å². The van der Waals surface area contributed by atoms with Crippen LogP contribution < -0.4 is 54.0 Å². The third-order valence-corrected chi connectivity index (χ3v) is 11.9. The van der Waals surface area contributed by atoms with Crippen molar-refractivity contribution in [3.8, 4) is 0 Å². The Balaban J connectivity index is 2.28. The molecule has 1 spiro atoms. The van der Waals surface area contributed by atoms with Crippen molar-refractivity contribution in [3.63, 3.8) is 0 Å². The number of carbonyl (C=O) groups excluding carboxylic acids is 8. The van der Waals surface area contributed by atoms with Crippen LogP contribution in [-0.4, -0.2) is 130 Å². The molecule has 0 aromatic rings. The van der Waals surface area contributed by atoms with Gasteiger partial charge in [0.15, 0.2) is 5.96 Å². The van der Waals surface area contributed by atoms with E-state index in [2.05, 4.69) is 47.5 Å². The highest BCUT2D eigenvalue weighted by molar-refractivity contribution is 7.85. The van der Waals surface area contributed by atoms with Crippen molar-refractivity contribution in [1.29, 1.82) is 0 Å². The highest BCUT2D eigenvalue weighted by atomic mass is 32.2. The average Bonchev–Trinajstić information content (AvgIpc) is 3.22. The van der Waals surface area contributed by atoms with Gasteiger partial charge in [-0.3, -0.25) is 47.6 Å². The van der Waals surface area contributed by atoms with Gasteiger partial charge >= 0.3 is 5.97 Å². The molecule has 2 fully saturated rings. The summed E-state index contributed by atoms with van der Waals surface area (Å²) in [4.78, 5) is 123. The van der Waals surface area contributed by atoms with Crippen LogP contribution in [0.5, 0.6) is 0 Å². The number of aliphatic carboxylic acids is 1. The van der Waals surface area contributed by atoms with Crippen molar-refractivity contribution in [3.05, 3.63) is 11.8 Å². The fourth-order valence-corrected chi connectivity index (χ4v) is 8.26. The molecule has 0 radical (unpaired) electrons. The highest BCUT2D eigenvalue weighted by Gasteiger charge is 2.48. The number of guanidine groups is 1. The number of carboxylic acid groups (broad SMARTS) is 1. The molecule has 0 saturated carbocycles. The maximum atomic E-state index is 14.3. The number of hydrogen-bond acceptors (Lipinski definition) is 11. The van der Waals surface area contributed by atoms with Crippen molar-refractivity contribution in [2.24, 2.45) is 22.4 Å². The second kappa shape index (κ2) is 27.4. The van der Waals surface area contributed by atoms with Crippen molar-refractivity contribution < 1.29 is 52.5 Å². The summed E-state index contributed by atoms with van der Waals surface area (Å²) in [5.74, 6) is -10.8. The van der Waals surface area contributed by atoms with Gasteiger partial charge in [-0.05, 0) is 25.7 Å². The number of aliphatic imine (C=N–C) groups is 1. The van der Waals surface area contributed by atoms with E-state index in [9.17, 15) is 52.5 Å². The van der Waals surface area contributed by atoms with Crippen LogP contribution in [0.2, 0.25) is 0 Å². The number of nitrogens with zero attached hydrogens (tertiary/aromatic N) is 1. The predicted octanol–water partition coefficient (Wildman–Crippen LogP) is -2.47. The number of rotatable bonds is 19. The van der Waals surface area contributed by atoms with E-state index in [0.717, 1.165) is 57.8 Å². The van der Waals surface area contributed by atoms with Crippen molar-refractivity contribution in [2.45, 2.75) is 128 Å². The minimum atomic E-state index is -2.42. The van der Waals surface area contributed by atoms with Crippen molar-refractivity contribution in [1.82, 2.24) is 42.5 Å². The van der Waals surface area contributed by atoms with Crippen LogP contribution in [0.15, 0.2) is 16.8 Å².